The largest absolute Gasteiger partial charge is 0.397 e. The van der Waals surface area contributed by atoms with Crippen molar-refractivity contribution < 1.29 is 8.42 Å². The molecule has 0 unspecified atom stereocenters. The molecule has 1 saturated carbocycles. The molecule has 4 nitrogen and oxygen atoms in total. The van der Waals surface area contributed by atoms with E-state index in [0.717, 1.165) is 32.1 Å². The van der Waals surface area contributed by atoms with Gasteiger partial charge in [0.1, 0.15) is 0 Å². The van der Waals surface area contributed by atoms with Crippen LogP contribution in [-0.4, -0.2) is 13.7 Å². The van der Waals surface area contributed by atoms with Crippen molar-refractivity contribution in [2.24, 2.45) is 0 Å². The maximum Gasteiger partial charge on any atom is 0.235 e. The quantitative estimate of drug-likeness (QED) is 0.840. The Balaban J connectivity index is 2.13. The number of rotatable bonds is 3. The molecule has 100 valence electrons. The van der Waals surface area contributed by atoms with Gasteiger partial charge < -0.3 is 5.73 Å². The third-order valence-electron chi connectivity index (χ3n) is 3.25. The molecule has 0 heterocycles. The maximum absolute atomic E-state index is 12.2. The molecule has 1 aromatic carbocycles. The summed E-state index contributed by atoms with van der Waals surface area (Å²) in [6, 6.07) is 4.76. The van der Waals surface area contributed by atoms with Gasteiger partial charge in [0.05, 0.1) is 21.6 Å². The molecule has 2 rings (SSSR count). The number of hydrogen-bond acceptors (Lipinski definition) is 3. The third kappa shape index (κ3) is 3.09. The number of nitrogens with two attached hydrogens (primary N) is 1. The van der Waals surface area contributed by atoms with Crippen LogP contribution >= 0.6 is 11.6 Å². The number of anilines is 2. The molecule has 0 aliphatic heterocycles. The van der Waals surface area contributed by atoms with E-state index in [-0.39, 0.29) is 5.25 Å². The molecule has 18 heavy (non-hydrogen) atoms. The minimum atomic E-state index is -3.31. The molecule has 0 spiro atoms. The molecule has 0 aromatic heterocycles. The van der Waals surface area contributed by atoms with Gasteiger partial charge in [0.25, 0.3) is 0 Å². The smallest absolute Gasteiger partial charge is 0.235 e. The van der Waals surface area contributed by atoms with Crippen molar-refractivity contribution in [1.29, 1.82) is 0 Å². The van der Waals surface area contributed by atoms with E-state index in [2.05, 4.69) is 4.72 Å². The van der Waals surface area contributed by atoms with Gasteiger partial charge in [0.2, 0.25) is 10.0 Å². The highest BCUT2D eigenvalue weighted by atomic mass is 35.5. The summed E-state index contributed by atoms with van der Waals surface area (Å²) in [4.78, 5) is 0. The Labute approximate surface area is 113 Å². The van der Waals surface area contributed by atoms with Crippen molar-refractivity contribution in [3.8, 4) is 0 Å². The molecule has 1 aromatic rings. The predicted molar refractivity (Wildman–Crippen MR) is 75.3 cm³/mol. The number of halogens is 1. The van der Waals surface area contributed by atoms with Crippen molar-refractivity contribution >= 4 is 33.0 Å². The van der Waals surface area contributed by atoms with Crippen molar-refractivity contribution in [3.05, 3.63) is 23.2 Å². The number of nitrogen functional groups attached to an aromatic ring is 1. The van der Waals surface area contributed by atoms with Gasteiger partial charge in [-0.3, -0.25) is 4.72 Å². The van der Waals surface area contributed by atoms with Crippen LogP contribution in [0.1, 0.15) is 32.1 Å². The van der Waals surface area contributed by atoms with Gasteiger partial charge in [-0.2, -0.15) is 0 Å². The van der Waals surface area contributed by atoms with Crippen LogP contribution in [0.5, 0.6) is 0 Å². The highest BCUT2D eigenvalue weighted by Crippen LogP contribution is 2.27. The topological polar surface area (TPSA) is 72.2 Å². The van der Waals surface area contributed by atoms with Crippen LogP contribution in [0, 0.1) is 0 Å². The first-order valence-electron chi connectivity index (χ1n) is 6.06. The molecule has 1 aliphatic rings. The standard InChI is InChI=1S/C12H17ClN2O2S/c13-11-7-6-9(8-12(11)14)15-18(16,17)10-4-2-1-3-5-10/h6-8,10,15H,1-5,14H2. The summed E-state index contributed by atoms with van der Waals surface area (Å²) in [5, 5.41) is 0.138. The van der Waals surface area contributed by atoms with Crippen molar-refractivity contribution in [2.75, 3.05) is 10.5 Å². The first kappa shape index (κ1) is 13.5. The summed E-state index contributed by atoms with van der Waals surface area (Å²) < 4.78 is 26.9. The number of hydrogen-bond donors (Lipinski definition) is 2. The third-order valence-corrected chi connectivity index (χ3v) is 5.46. The van der Waals surface area contributed by atoms with Crippen molar-refractivity contribution in [3.63, 3.8) is 0 Å². The molecule has 0 radical (unpaired) electrons. The van der Waals surface area contributed by atoms with Gasteiger partial charge in [0.15, 0.2) is 0 Å². The predicted octanol–water partition coefficient (Wildman–Crippen LogP) is 3.00. The fourth-order valence-corrected chi connectivity index (χ4v) is 3.92. The molecular weight excluding hydrogens is 272 g/mol. The fourth-order valence-electron chi connectivity index (χ4n) is 2.23. The Morgan fingerprint density at radius 3 is 2.50 bits per heavy atom. The van der Waals surface area contributed by atoms with E-state index in [0.29, 0.717) is 16.4 Å². The number of sulfonamides is 1. The normalized spacial score (nSPS) is 17.6. The van der Waals surface area contributed by atoms with Crippen LogP contribution in [0.2, 0.25) is 5.02 Å². The lowest BCUT2D eigenvalue weighted by atomic mass is 10.0. The van der Waals surface area contributed by atoms with Gasteiger partial charge in [0, 0.05) is 0 Å². The van der Waals surface area contributed by atoms with Gasteiger partial charge in [-0.15, -0.1) is 0 Å². The minimum absolute atomic E-state index is 0.289. The van der Waals surface area contributed by atoms with Crippen LogP contribution in [0.3, 0.4) is 0 Å². The van der Waals surface area contributed by atoms with Crippen LogP contribution in [0.4, 0.5) is 11.4 Å². The molecule has 0 atom stereocenters. The SMILES string of the molecule is Nc1cc(NS(=O)(=O)C2CCCCC2)ccc1Cl. The van der Waals surface area contributed by atoms with Gasteiger partial charge >= 0.3 is 0 Å². The zero-order chi connectivity index (χ0) is 13.2. The number of benzene rings is 1. The van der Waals surface area contributed by atoms with E-state index in [4.69, 9.17) is 17.3 Å². The summed E-state index contributed by atoms with van der Waals surface area (Å²) in [6.45, 7) is 0. The Kier molecular flexibility index (Phi) is 4.02. The van der Waals surface area contributed by atoms with Gasteiger partial charge in [-0.25, -0.2) is 8.42 Å². The Morgan fingerprint density at radius 2 is 1.89 bits per heavy atom. The molecule has 0 saturated heterocycles. The van der Waals surface area contributed by atoms with E-state index < -0.39 is 10.0 Å². The van der Waals surface area contributed by atoms with Crippen molar-refractivity contribution in [2.45, 2.75) is 37.4 Å². The second kappa shape index (κ2) is 5.36. The zero-order valence-corrected chi connectivity index (χ0v) is 11.6. The van der Waals surface area contributed by atoms with Gasteiger partial charge in [-0.05, 0) is 31.0 Å². The van der Waals surface area contributed by atoms with Crippen LogP contribution in [0.15, 0.2) is 18.2 Å². The highest BCUT2D eigenvalue weighted by Gasteiger charge is 2.27. The first-order valence-corrected chi connectivity index (χ1v) is 7.98. The van der Waals surface area contributed by atoms with Crippen LogP contribution < -0.4 is 10.5 Å². The van der Waals surface area contributed by atoms with E-state index in [1.807, 2.05) is 0 Å². The monoisotopic (exact) mass is 288 g/mol. The Hall–Kier alpha value is -0.940. The molecule has 1 aliphatic carbocycles. The average Bonchev–Trinajstić information content (AvgIpc) is 2.35. The summed E-state index contributed by atoms with van der Waals surface area (Å²) in [6.07, 6.45) is 4.55. The minimum Gasteiger partial charge on any atom is -0.397 e. The maximum atomic E-state index is 12.2. The van der Waals surface area contributed by atoms with Crippen LogP contribution in [-0.2, 0) is 10.0 Å². The average molecular weight is 289 g/mol. The number of nitrogens with one attached hydrogen (secondary N) is 1. The Morgan fingerprint density at radius 1 is 1.22 bits per heavy atom. The molecule has 0 amide bonds. The lowest BCUT2D eigenvalue weighted by molar-refractivity contribution is 0.486. The summed E-state index contributed by atoms with van der Waals surface area (Å²) in [5.74, 6) is 0. The molecule has 6 heteroatoms. The molecule has 0 bridgehead atoms. The second-order valence-corrected chi connectivity index (χ2v) is 7.01. The zero-order valence-electron chi connectivity index (χ0n) is 10.0. The lowest BCUT2D eigenvalue weighted by Crippen LogP contribution is -2.29. The summed E-state index contributed by atoms with van der Waals surface area (Å²) in [7, 11) is -3.31. The Bertz CT molecular complexity index is 525. The molecular formula is C12H17ClN2O2S. The lowest BCUT2D eigenvalue weighted by Gasteiger charge is -2.22. The first-order chi connectivity index (χ1) is 8.49. The molecule has 1 fully saturated rings. The fraction of sp³-hybridized carbons (Fsp3) is 0.500. The van der Waals surface area contributed by atoms with E-state index in [1.165, 1.54) is 0 Å². The van der Waals surface area contributed by atoms with Gasteiger partial charge in [-0.1, -0.05) is 30.9 Å². The van der Waals surface area contributed by atoms with E-state index in [9.17, 15) is 8.42 Å². The highest BCUT2D eigenvalue weighted by molar-refractivity contribution is 7.93. The van der Waals surface area contributed by atoms with E-state index >= 15 is 0 Å². The second-order valence-electron chi connectivity index (χ2n) is 4.64. The van der Waals surface area contributed by atoms with E-state index in [1.54, 1.807) is 18.2 Å². The van der Waals surface area contributed by atoms with Crippen LogP contribution in [0.25, 0.3) is 0 Å². The van der Waals surface area contributed by atoms with Crippen molar-refractivity contribution in [1.82, 2.24) is 0 Å². The molecule has 3 N–H and O–H groups in total. The summed E-state index contributed by atoms with van der Waals surface area (Å²) in [5.41, 5.74) is 6.50. The summed E-state index contributed by atoms with van der Waals surface area (Å²) >= 11 is 5.80.